The van der Waals surface area contributed by atoms with Gasteiger partial charge in [0.25, 0.3) is 0 Å². The molecule has 2 atom stereocenters. The summed E-state index contributed by atoms with van der Waals surface area (Å²) in [4.78, 5) is 18.7. The maximum atomic E-state index is 11.6. The molecule has 2 unspecified atom stereocenters. The third kappa shape index (κ3) is 5.83. The van der Waals surface area contributed by atoms with Crippen LogP contribution in [0.4, 0.5) is 0 Å². The zero-order valence-corrected chi connectivity index (χ0v) is 19.0. The van der Waals surface area contributed by atoms with E-state index in [4.69, 9.17) is 4.99 Å². The molecular formula is C21H33IN4O. The maximum absolute atomic E-state index is 11.6. The summed E-state index contributed by atoms with van der Waals surface area (Å²) in [5, 5.41) is 6.44. The van der Waals surface area contributed by atoms with Crippen LogP contribution in [0, 0.1) is 12.8 Å². The molecule has 0 spiro atoms. The monoisotopic (exact) mass is 484 g/mol. The number of likely N-dealkylation sites (tertiary alicyclic amines) is 1. The first-order valence-corrected chi connectivity index (χ1v) is 9.94. The van der Waals surface area contributed by atoms with E-state index in [1.165, 1.54) is 17.5 Å². The molecule has 1 aliphatic heterocycles. The number of hydrogen-bond donors (Lipinski definition) is 2. The number of halogens is 1. The van der Waals surface area contributed by atoms with Crippen LogP contribution in [-0.4, -0.2) is 49.5 Å². The lowest BCUT2D eigenvalue weighted by molar-refractivity contribution is -0.121. The second-order valence-corrected chi connectivity index (χ2v) is 7.56. The maximum Gasteiger partial charge on any atom is 0.220 e. The number of amides is 1. The number of aliphatic imine (C=N–C) groups is 1. The minimum Gasteiger partial charge on any atom is -0.359 e. The highest BCUT2D eigenvalue weighted by atomic mass is 127. The zero-order chi connectivity index (χ0) is 18.5. The van der Waals surface area contributed by atoms with Gasteiger partial charge in [-0.05, 0) is 50.2 Å². The summed E-state index contributed by atoms with van der Waals surface area (Å²) in [6.45, 7) is 7.04. The summed E-state index contributed by atoms with van der Waals surface area (Å²) in [7, 11) is 1.72. The second-order valence-electron chi connectivity index (χ2n) is 7.56. The van der Waals surface area contributed by atoms with Gasteiger partial charge in [0.1, 0.15) is 0 Å². The van der Waals surface area contributed by atoms with Crippen LogP contribution in [0.3, 0.4) is 0 Å². The molecule has 1 saturated carbocycles. The van der Waals surface area contributed by atoms with Crippen LogP contribution in [0.1, 0.15) is 49.7 Å². The summed E-state index contributed by atoms with van der Waals surface area (Å²) in [5.74, 6) is 2.30. The van der Waals surface area contributed by atoms with Crippen LogP contribution >= 0.6 is 24.0 Å². The van der Waals surface area contributed by atoms with E-state index in [9.17, 15) is 4.79 Å². The molecule has 27 heavy (non-hydrogen) atoms. The molecule has 1 heterocycles. The van der Waals surface area contributed by atoms with E-state index in [2.05, 4.69) is 53.6 Å². The fourth-order valence-electron chi connectivity index (χ4n) is 3.97. The topological polar surface area (TPSA) is 56.7 Å². The van der Waals surface area contributed by atoms with Gasteiger partial charge >= 0.3 is 0 Å². The average molecular weight is 484 g/mol. The number of hydrogen-bond acceptors (Lipinski definition) is 2. The average Bonchev–Trinajstić information content (AvgIpc) is 3.41. The summed E-state index contributed by atoms with van der Waals surface area (Å²) in [5.41, 5.74) is 2.84. The van der Waals surface area contributed by atoms with Gasteiger partial charge in [0.05, 0.1) is 0 Å². The van der Waals surface area contributed by atoms with Crippen molar-refractivity contribution in [3.05, 3.63) is 35.4 Å². The minimum atomic E-state index is 0. The largest absolute Gasteiger partial charge is 0.359 e. The van der Waals surface area contributed by atoms with Gasteiger partial charge in [-0.15, -0.1) is 24.0 Å². The van der Waals surface area contributed by atoms with Gasteiger partial charge in [-0.3, -0.25) is 9.79 Å². The lowest BCUT2D eigenvalue weighted by Gasteiger charge is -2.34. The van der Waals surface area contributed by atoms with Crippen molar-refractivity contribution in [1.82, 2.24) is 15.5 Å². The highest BCUT2D eigenvalue weighted by molar-refractivity contribution is 14.0. The predicted octanol–water partition coefficient (Wildman–Crippen LogP) is 3.28. The van der Waals surface area contributed by atoms with Gasteiger partial charge in [0.15, 0.2) is 5.96 Å². The van der Waals surface area contributed by atoms with Crippen molar-refractivity contribution in [1.29, 1.82) is 0 Å². The lowest BCUT2D eigenvalue weighted by atomic mass is 9.93. The number of aryl methyl sites for hydroxylation is 1. The van der Waals surface area contributed by atoms with Crippen molar-refractivity contribution < 1.29 is 4.79 Å². The number of rotatable bonds is 5. The molecule has 1 aromatic carbocycles. The van der Waals surface area contributed by atoms with E-state index in [1.807, 2.05) is 0 Å². The quantitative estimate of drug-likeness (QED) is 0.383. The van der Waals surface area contributed by atoms with E-state index in [-0.39, 0.29) is 29.9 Å². The fraction of sp³-hybridized carbons (Fsp3) is 0.619. The first kappa shape index (κ1) is 22.0. The van der Waals surface area contributed by atoms with Gasteiger partial charge in [0.2, 0.25) is 5.91 Å². The van der Waals surface area contributed by atoms with Crippen molar-refractivity contribution in [3.63, 3.8) is 0 Å². The Labute approximate surface area is 180 Å². The van der Waals surface area contributed by atoms with Crippen molar-refractivity contribution in [2.45, 2.75) is 51.5 Å². The third-order valence-corrected chi connectivity index (χ3v) is 5.67. The molecule has 3 rings (SSSR count). The normalized spacial score (nSPS) is 22.8. The number of nitrogens with one attached hydrogen (secondary N) is 2. The summed E-state index contributed by atoms with van der Waals surface area (Å²) in [6.07, 6.45) is 3.95. The molecule has 1 amide bonds. The molecule has 150 valence electrons. The highest BCUT2D eigenvalue weighted by Gasteiger charge is 2.40. The molecule has 0 bridgehead atoms. The fourth-order valence-corrected chi connectivity index (χ4v) is 3.97. The third-order valence-electron chi connectivity index (χ3n) is 5.67. The van der Waals surface area contributed by atoms with E-state index in [0.717, 1.165) is 38.4 Å². The van der Waals surface area contributed by atoms with Crippen LogP contribution < -0.4 is 10.6 Å². The summed E-state index contributed by atoms with van der Waals surface area (Å²) in [6, 6.07) is 9.18. The van der Waals surface area contributed by atoms with E-state index in [0.29, 0.717) is 24.3 Å². The zero-order valence-electron chi connectivity index (χ0n) is 16.7. The first-order valence-electron chi connectivity index (χ1n) is 9.94. The number of benzene rings is 1. The Morgan fingerprint density at radius 1 is 1.26 bits per heavy atom. The Bertz CT molecular complexity index is 655. The second kappa shape index (κ2) is 10.3. The number of nitrogens with zero attached hydrogens (tertiary/aromatic N) is 2. The Morgan fingerprint density at radius 2 is 1.96 bits per heavy atom. The van der Waals surface area contributed by atoms with E-state index < -0.39 is 0 Å². The lowest BCUT2D eigenvalue weighted by Crippen LogP contribution is -2.47. The highest BCUT2D eigenvalue weighted by Crippen LogP contribution is 2.42. The molecule has 5 nitrogen and oxygen atoms in total. The molecule has 2 aliphatic rings. The Kier molecular flexibility index (Phi) is 8.38. The van der Waals surface area contributed by atoms with Crippen molar-refractivity contribution in [3.8, 4) is 0 Å². The first-order chi connectivity index (χ1) is 12.6. The number of carbonyl (C=O) groups is 1. The van der Waals surface area contributed by atoms with Crippen LogP contribution in [0.15, 0.2) is 29.3 Å². The molecule has 2 fully saturated rings. The van der Waals surface area contributed by atoms with Gasteiger partial charge in [-0.1, -0.05) is 24.3 Å². The van der Waals surface area contributed by atoms with Crippen molar-refractivity contribution >= 4 is 35.8 Å². The molecule has 1 saturated heterocycles. The molecule has 6 heteroatoms. The van der Waals surface area contributed by atoms with Crippen LogP contribution in [-0.2, 0) is 4.79 Å². The molecular weight excluding hydrogens is 451 g/mol. The van der Waals surface area contributed by atoms with Gasteiger partial charge < -0.3 is 15.5 Å². The number of piperidine rings is 1. The standard InChI is InChI=1S/C21H32N4O.HI/c1-4-23-21(25-11-9-16(10-12-25)13-20(26)22-3)24-19-14-18(19)17-8-6-5-7-15(17)2;/h5-8,16,18-19H,4,9-14H2,1-3H3,(H,22,26)(H,23,24);1H. The molecule has 0 aromatic heterocycles. The minimum absolute atomic E-state index is 0. The number of guanidine groups is 1. The van der Waals surface area contributed by atoms with Crippen molar-refractivity contribution in [2.24, 2.45) is 10.9 Å². The van der Waals surface area contributed by atoms with Gasteiger partial charge in [0, 0.05) is 45.1 Å². The van der Waals surface area contributed by atoms with Gasteiger partial charge in [-0.25, -0.2) is 0 Å². The summed E-state index contributed by atoms with van der Waals surface area (Å²) < 4.78 is 0. The van der Waals surface area contributed by atoms with Gasteiger partial charge in [-0.2, -0.15) is 0 Å². The Hall–Kier alpha value is -1.31. The smallest absolute Gasteiger partial charge is 0.220 e. The Morgan fingerprint density at radius 3 is 2.59 bits per heavy atom. The molecule has 0 radical (unpaired) electrons. The van der Waals surface area contributed by atoms with E-state index in [1.54, 1.807) is 7.05 Å². The Balaban J connectivity index is 0.00000261. The summed E-state index contributed by atoms with van der Waals surface area (Å²) >= 11 is 0. The number of carbonyl (C=O) groups excluding carboxylic acids is 1. The molecule has 2 N–H and O–H groups in total. The molecule has 1 aromatic rings. The van der Waals surface area contributed by atoms with E-state index >= 15 is 0 Å². The van der Waals surface area contributed by atoms with Crippen LogP contribution in [0.2, 0.25) is 0 Å². The molecule has 1 aliphatic carbocycles. The van der Waals surface area contributed by atoms with Crippen LogP contribution in [0.5, 0.6) is 0 Å². The predicted molar refractivity (Wildman–Crippen MR) is 122 cm³/mol. The van der Waals surface area contributed by atoms with Crippen LogP contribution in [0.25, 0.3) is 0 Å². The SMILES string of the molecule is CCN=C(NC1CC1c1ccccc1C)N1CCC(CC(=O)NC)CC1.I. The van der Waals surface area contributed by atoms with Crippen molar-refractivity contribution in [2.75, 3.05) is 26.7 Å².